The number of azo groups is 1. The van der Waals surface area contributed by atoms with Gasteiger partial charge in [0.05, 0.1) is 16.3 Å². The van der Waals surface area contributed by atoms with Gasteiger partial charge in [0.15, 0.2) is 5.69 Å². The van der Waals surface area contributed by atoms with Gasteiger partial charge in [-0.15, -0.1) is 25.2 Å². The quantitative estimate of drug-likeness (QED) is 0.0400. The predicted octanol–water partition coefficient (Wildman–Crippen LogP) is 4.80. The van der Waals surface area contributed by atoms with Crippen molar-refractivity contribution in [2.75, 3.05) is 38.0 Å². The number of nitrogens with one attached hydrogen (secondary N) is 1. The molecular weight excluding hydrogens is 720 g/mol. The number of nitro groups is 1. The van der Waals surface area contributed by atoms with E-state index in [0.29, 0.717) is 5.69 Å². The van der Waals surface area contributed by atoms with Crippen LogP contribution in [0.4, 0.5) is 28.4 Å². The molecular formula is C37H37N10NaO5S. The summed E-state index contributed by atoms with van der Waals surface area (Å²) in [6, 6.07) is 38.5. The number of rotatable bonds is 6. The van der Waals surface area contributed by atoms with Crippen molar-refractivity contribution in [3.8, 4) is 5.69 Å². The first-order valence-electron chi connectivity index (χ1n) is 15.8. The van der Waals surface area contributed by atoms with E-state index >= 15 is 0 Å². The average Bonchev–Trinajstić information content (AvgIpc) is 3.58. The van der Waals surface area contributed by atoms with Crippen LogP contribution in [0.1, 0.15) is 0 Å². The van der Waals surface area contributed by atoms with Crippen molar-refractivity contribution in [3.05, 3.63) is 131 Å². The number of nitrogens with two attached hydrogens (primary N) is 1. The van der Waals surface area contributed by atoms with Gasteiger partial charge in [0.25, 0.3) is 5.69 Å². The molecule has 15 nitrogen and oxygen atoms in total. The molecule has 17 heteroatoms. The Morgan fingerprint density at radius 1 is 0.722 bits per heavy atom. The molecule has 5 N–H and O–H groups in total. The number of anilines is 2. The molecule has 0 amide bonds. The van der Waals surface area contributed by atoms with Crippen LogP contribution in [-0.4, -0.2) is 67.5 Å². The average molecular weight is 757 g/mol. The molecule has 7 rings (SSSR count). The monoisotopic (exact) mass is 756 g/mol. The molecule has 0 fully saturated rings. The molecule has 1 heterocycles. The van der Waals surface area contributed by atoms with E-state index in [0.717, 1.165) is 38.6 Å². The predicted molar refractivity (Wildman–Crippen MR) is 211 cm³/mol. The molecule has 0 aliphatic heterocycles. The Hall–Kier alpha value is -5.62. The first-order chi connectivity index (χ1) is 25.0. The molecule has 1 unspecified atom stereocenters. The van der Waals surface area contributed by atoms with E-state index in [9.17, 15) is 14.3 Å². The molecule has 0 bridgehead atoms. The van der Waals surface area contributed by atoms with E-state index in [2.05, 4.69) is 81.6 Å². The molecule has 0 saturated heterocycles. The summed E-state index contributed by atoms with van der Waals surface area (Å²) < 4.78 is 17.2. The van der Waals surface area contributed by atoms with E-state index in [1.165, 1.54) is 17.1 Å². The third kappa shape index (κ3) is 10.1. The van der Waals surface area contributed by atoms with Crippen LogP contribution in [0, 0.1) is 15.5 Å². The van der Waals surface area contributed by atoms with Crippen molar-refractivity contribution in [1.29, 1.82) is 5.41 Å². The van der Waals surface area contributed by atoms with Crippen LogP contribution in [-0.2, 0) is 11.1 Å². The molecule has 0 radical (unpaired) electrons. The fraction of sp³-hybridized carbons (Fsp3) is 0.108. The number of para-hydroxylation sites is 1. The summed E-state index contributed by atoms with van der Waals surface area (Å²) in [4.78, 5) is 16.5. The van der Waals surface area contributed by atoms with Crippen molar-refractivity contribution in [3.63, 3.8) is 0 Å². The summed E-state index contributed by atoms with van der Waals surface area (Å²) in [7, 11) is 8.08. The molecule has 0 spiro atoms. The smallest absolute Gasteiger partial charge is 0.870 e. The standard InChI is InChI=1S/C18H16N4O2.C18H16N4.CH4N2O2S.Na.H2O/c1-21(2)17-12-11-15(13-7-3-4-8-14(13)17)19-20-16-9-5-6-10-18(16)22(23)24;1-21(2)17-11-12-18(14-8-4-3-7-13(14)17)22-19-15-9-5-6-10-16(15)20-22;2-1(3)6(4)5;;/h3-12H,1-2H3;3-12H,1-2H3;(H3,2,3)(H,4,5);;1H2/q;;;+1;/p-1. The second-order valence-electron chi connectivity index (χ2n) is 11.6. The van der Waals surface area contributed by atoms with E-state index in [4.69, 9.17) is 9.96 Å². The summed E-state index contributed by atoms with van der Waals surface area (Å²) in [6.07, 6.45) is 0. The summed E-state index contributed by atoms with van der Waals surface area (Å²) in [5.74, 6) is 0. The second-order valence-corrected chi connectivity index (χ2v) is 12.6. The summed E-state index contributed by atoms with van der Waals surface area (Å²) >= 11 is -2.26. The van der Waals surface area contributed by atoms with Crippen molar-refractivity contribution in [2.45, 2.75) is 0 Å². The number of hydrogen-bond acceptors (Lipinski definition) is 11. The zero-order chi connectivity index (χ0) is 37.4. The summed E-state index contributed by atoms with van der Waals surface area (Å²) in [5.41, 5.74) is 10.4. The normalized spacial score (nSPS) is 11.0. The van der Waals surface area contributed by atoms with E-state index < -0.39 is 21.2 Å². The number of nitrogens with zero attached hydrogens (tertiary/aromatic N) is 8. The molecule has 0 aliphatic rings. The van der Waals surface area contributed by atoms with Gasteiger partial charge in [-0.2, -0.15) is 0 Å². The first-order valence-corrected chi connectivity index (χ1v) is 16.9. The third-order valence-corrected chi connectivity index (χ3v) is 8.13. The van der Waals surface area contributed by atoms with Crippen LogP contribution >= 0.6 is 0 Å². The molecule has 7 aromatic rings. The van der Waals surface area contributed by atoms with Crippen LogP contribution in [0.15, 0.2) is 132 Å². The molecule has 0 saturated carbocycles. The third-order valence-electron chi connectivity index (χ3n) is 7.75. The van der Waals surface area contributed by atoms with Gasteiger partial charge in [-0.05, 0) is 42.5 Å². The Balaban J connectivity index is 0.000000245. The van der Waals surface area contributed by atoms with Crippen molar-refractivity contribution in [2.24, 2.45) is 16.0 Å². The zero-order valence-electron chi connectivity index (χ0n) is 30.2. The van der Waals surface area contributed by atoms with E-state index in [-0.39, 0.29) is 46.4 Å². The van der Waals surface area contributed by atoms with Gasteiger partial charge in [-0.3, -0.25) is 20.1 Å². The van der Waals surface area contributed by atoms with E-state index in [1.807, 2.05) is 79.7 Å². The molecule has 1 atom stereocenters. The minimum atomic E-state index is -2.26. The Kier molecular flexibility index (Phi) is 15.4. The minimum Gasteiger partial charge on any atom is -0.870 e. The van der Waals surface area contributed by atoms with Crippen LogP contribution in [0.25, 0.3) is 38.3 Å². The van der Waals surface area contributed by atoms with Gasteiger partial charge < -0.3 is 21.0 Å². The van der Waals surface area contributed by atoms with Crippen LogP contribution in [0.5, 0.6) is 0 Å². The van der Waals surface area contributed by atoms with Gasteiger partial charge in [0, 0.05) is 67.2 Å². The van der Waals surface area contributed by atoms with Gasteiger partial charge in [0.1, 0.15) is 11.0 Å². The number of hydrogen-bond donors (Lipinski definition) is 3. The van der Waals surface area contributed by atoms with Gasteiger partial charge in [0.2, 0.25) is 16.2 Å². The van der Waals surface area contributed by atoms with Gasteiger partial charge >= 0.3 is 29.6 Å². The molecule has 0 aliphatic carbocycles. The fourth-order valence-electron chi connectivity index (χ4n) is 5.35. The molecule has 272 valence electrons. The number of benzene rings is 6. The van der Waals surface area contributed by atoms with Gasteiger partial charge in [-0.25, -0.2) is 4.21 Å². The Morgan fingerprint density at radius 2 is 1.15 bits per heavy atom. The van der Waals surface area contributed by atoms with Crippen LogP contribution in [0.2, 0.25) is 0 Å². The SMILES string of the molecule is CN(C)c1ccc(-n2nc3ccccc3n2)c2ccccc12.CN(C)c1ccc(N=Nc2ccccc2[N+](=O)[O-])c2ccccc12.N=C(N)S(=O)O.[Na+].[OH-]. The number of aromatic nitrogens is 3. The second kappa shape index (κ2) is 19.5. The summed E-state index contributed by atoms with van der Waals surface area (Å²) in [6.45, 7) is 0. The fourth-order valence-corrected chi connectivity index (χ4v) is 5.35. The number of nitro benzene ring substituents is 1. The zero-order valence-corrected chi connectivity index (χ0v) is 33.0. The minimum absolute atomic E-state index is 0. The van der Waals surface area contributed by atoms with E-state index in [1.54, 1.807) is 23.0 Å². The molecule has 6 aromatic carbocycles. The maximum Gasteiger partial charge on any atom is 1.00 e. The van der Waals surface area contributed by atoms with Crippen molar-refractivity contribution >= 4 is 77.3 Å². The number of fused-ring (bicyclic) bond motifs is 3. The first kappa shape index (κ1) is 42.8. The maximum absolute atomic E-state index is 11.1. The van der Waals surface area contributed by atoms with Gasteiger partial charge in [-0.1, -0.05) is 72.8 Å². The molecule has 54 heavy (non-hydrogen) atoms. The largest absolute Gasteiger partial charge is 1.00 e. The number of amidine groups is 1. The van der Waals surface area contributed by atoms with Crippen molar-refractivity contribution < 1.29 is 48.7 Å². The Morgan fingerprint density at radius 3 is 1.67 bits per heavy atom. The molecule has 1 aromatic heterocycles. The Bertz CT molecular complexity index is 2410. The topological polar surface area (TPSA) is 222 Å². The Labute approximate surface area is 335 Å². The van der Waals surface area contributed by atoms with Crippen LogP contribution in [0.3, 0.4) is 0 Å². The van der Waals surface area contributed by atoms with Crippen molar-refractivity contribution in [1.82, 2.24) is 15.0 Å². The maximum atomic E-state index is 11.1. The van der Waals surface area contributed by atoms with Crippen LogP contribution < -0.4 is 45.1 Å². The summed E-state index contributed by atoms with van der Waals surface area (Å²) in [5, 5.41) is 38.4.